The van der Waals surface area contributed by atoms with Crippen LogP contribution in [0.1, 0.15) is 0 Å². The van der Waals surface area contributed by atoms with E-state index >= 15 is 0 Å². The molecule has 0 unspecified atom stereocenters. The van der Waals surface area contributed by atoms with Gasteiger partial charge < -0.3 is 29.6 Å². The van der Waals surface area contributed by atoms with E-state index in [4.69, 9.17) is 32.5 Å². The van der Waals surface area contributed by atoms with Crippen LogP contribution in [0.15, 0.2) is 0 Å². The maximum atomic E-state index is 8.52. The molecular weight excluding hydrogens is 282 g/mol. The van der Waals surface area contributed by atoms with Gasteiger partial charge in [0.05, 0.1) is 0 Å². The van der Waals surface area contributed by atoms with Gasteiger partial charge in [-0.1, -0.05) is 0 Å². The van der Waals surface area contributed by atoms with Crippen molar-refractivity contribution in [3.05, 3.63) is 0 Å². The van der Waals surface area contributed by atoms with Crippen LogP contribution in [0.2, 0.25) is 0 Å². The molecule has 0 saturated heterocycles. The van der Waals surface area contributed by atoms with Crippen molar-refractivity contribution in [2.24, 2.45) is 0 Å². The quantitative estimate of drug-likeness (QED) is 0.244. The maximum Gasteiger partial charge on any atom is 2.00 e. The molecule has 0 spiro atoms. The van der Waals surface area contributed by atoms with Gasteiger partial charge in [0.2, 0.25) is 0 Å². The van der Waals surface area contributed by atoms with E-state index in [-0.39, 0.29) is 39.6 Å². The molecule has 2 N–H and O–H groups in total. The Labute approximate surface area is 88.8 Å². The monoisotopic (exact) mass is 284 g/mol. The standard InChI is InChI=1S/CH2O3.2Mn.H2O4S.H2O/c2-1(3)4;;;1-5(2,3)4;/h(H2,2,3,4);;;(H2,1,2,3,4);1H2/q;2*+2;;/p-4. The summed E-state index contributed by atoms with van der Waals surface area (Å²) in [5.41, 5.74) is 0. The van der Waals surface area contributed by atoms with Gasteiger partial charge in [-0.15, -0.1) is 0 Å². The topological polar surface area (TPSA) is 175 Å². The molecule has 0 aliphatic carbocycles. The van der Waals surface area contributed by atoms with E-state index in [1.807, 2.05) is 0 Å². The fourth-order valence-electron chi connectivity index (χ4n) is 0. The van der Waals surface area contributed by atoms with Gasteiger partial charge in [0.15, 0.2) is 0 Å². The van der Waals surface area contributed by atoms with E-state index in [9.17, 15) is 0 Å². The first-order valence-electron chi connectivity index (χ1n) is 1.28. The van der Waals surface area contributed by atoms with Gasteiger partial charge in [0.1, 0.15) is 0 Å². The summed E-state index contributed by atoms with van der Waals surface area (Å²) in [7, 11) is -5.17. The second-order valence-corrected chi connectivity index (χ2v) is 1.47. The van der Waals surface area contributed by atoms with Crippen molar-refractivity contribution in [3.63, 3.8) is 0 Å². The summed E-state index contributed by atoms with van der Waals surface area (Å²) in [6, 6.07) is 0. The minimum absolute atomic E-state index is 0. The van der Waals surface area contributed by atoms with E-state index < -0.39 is 16.6 Å². The van der Waals surface area contributed by atoms with Gasteiger partial charge in [-0.2, -0.15) is 0 Å². The van der Waals surface area contributed by atoms with Crippen LogP contribution in [0.25, 0.3) is 0 Å². The van der Waals surface area contributed by atoms with Crippen LogP contribution in [0.4, 0.5) is 4.79 Å². The number of carboxylic acid groups (broad SMARTS) is 2. The average molecular weight is 284 g/mol. The molecule has 0 saturated carbocycles. The molecule has 12 heavy (non-hydrogen) atoms. The van der Waals surface area contributed by atoms with Crippen molar-refractivity contribution in [2.75, 3.05) is 0 Å². The third kappa shape index (κ3) is 43900. The van der Waals surface area contributed by atoms with Crippen LogP contribution in [0.5, 0.6) is 0 Å². The predicted molar refractivity (Wildman–Crippen MR) is 19.5 cm³/mol. The number of carbonyl (C=O) groups is 1. The Balaban J connectivity index is -0.0000000221. The van der Waals surface area contributed by atoms with Gasteiger partial charge in [-0.3, -0.25) is 8.42 Å². The molecule has 0 heterocycles. The minimum atomic E-state index is -5.17. The second kappa shape index (κ2) is 13.7. The van der Waals surface area contributed by atoms with E-state index in [0.717, 1.165) is 0 Å². The molecular formula is CH2Mn2O8S. The molecule has 2 radical (unpaired) electrons. The van der Waals surface area contributed by atoms with Crippen LogP contribution in [-0.4, -0.2) is 29.2 Å². The van der Waals surface area contributed by atoms with Crippen LogP contribution in [-0.2, 0) is 44.5 Å². The Hall–Kier alpha value is 0.139. The normalized spacial score (nSPS) is 6.83. The van der Waals surface area contributed by atoms with Crippen LogP contribution >= 0.6 is 0 Å². The van der Waals surface area contributed by atoms with Gasteiger partial charge in [-0.05, 0) is 6.16 Å². The number of carbonyl (C=O) groups excluding carboxylic acids is 1. The summed E-state index contributed by atoms with van der Waals surface area (Å²) < 4.78 is 34.1. The summed E-state index contributed by atoms with van der Waals surface area (Å²) in [5.74, 6) is 0. The van der Waals surface area contributed by atoms with Gasteiger partial charge in [0.25, 0.3) is 0 Å². The molecule has 0 aliphatic rings. The molecule has 0 aromatic heterocycles. The van der Waals surface area contributed by atoms with Crippen molar-refractivity contribution >= 4 is 16.6 Å². The second-order valence-electron chi connectivity index (χ2n) is 0.658. The maximum absolute atomic E-state index is 8.52. The Morgan fingerprint density at radius 1 is 1.00 bits per heavy atom. The molecule has 0 atom stereocenters. The van der Waals surface area contributed by atoms with Gasteiger partial charge >= 0.3 is 34.1 Å². The summed E-state index contributed by atoms with van der Waals surface area (Å²) in [6.07, 6.45) is -2.33. The Kier molecular flexibility index (Phi) is 33.8. The van der Waals surface area contributed by atoms with Crippen molar-refractivity contribution < 1.29 is 72.1 Å². The third-order valence-electron chi connectivity index (χ3n) is 0. The number of hydrogen-bond acceptors (Lipinski definition) is 7. The molecule has 0 fully saturated rings. The first-order valence-corrected chi connectivity index (χ1v) is 2.61. The molecule has 8 nitrogen and oxygen atoms in total. The summed E-state index contributed by atoms with van der Waals surface area (Å²) in [4.78, 5) is 8.33. The molecule has 0 rings (SSSR count). The third-order valence-corrected chi connectivity index (χ3v) is 0. The number of hydrogen-bond donors (Lipinski definition) is 0. The van der Waals surface area contributed by atoms with Crippen molar-refractivity contribution in [1.82, 2.24) is 0 Å². The predicted octanol–water partition coefficient (Wildman–Crippen LogP) is -4.61. The van der Waals surface area contributed by atoms with Gasteiger partial charge in [0, 0.05) is 10.4 Å². The minimum Gasteiger partial charge on any atom is -0.759 e. The molecule has 0 bridgehead atoms. The smallest absolute Gasteiger partial charge is 0.759 e. The fourth-order valence-corrected chi connectivity index (χ4v) is 0. The molecule has 74 valence electrons. The van der Waals surface area contributed by atoms with Crippen molar-refractivity contribution in [2.45, 2.75) is 0 Å². The SMILES string of the molecule is O.O=C([O-])[O-].O=S(=O)([O-])[O-].[Mn+2].[Mn+2]. The first kappa shape index (κ1) is 29.6. The molecule has 0 amide bonds. The molecule has 11 heteroatoms. The average Bonchev–Trinajstić information content (AvgIpc) is 1.19. The van der Waals surface area contributed by atoms with Crippen LogP contribution in [0, 0.1) is 0 Å². The van der Waals surface area contributed by atoms with Crippen LogP contribution in [0.3, 0.4) is 0 Å². The van der Waals surface area contributed by atoms with E-state index in [1.165, 1.54) is 0 Å². The summed E-state index contributed by atoms with van der Waals surface area (Å²) in [6.45, 7) is 0. The zero-order valence-corrected chi connectivity index (χ0v) is 8.20. The summed E-state index contributed by atoms with van der Waals surface area (Å²) >= 11 is 0. The fraction of sp³-hybridized carbons (Fsp3) is 0. The van der Waals surface area contributed by atoms with E-state index in [2.05, 4.69) is 0 Å². The Morgan fingerprint density at radius 3 is 1.00 bits per heavy atom. The van der Waals surface area contributed by atoms with E-state index in [1.54, 1.807) is 0 Å². The Bertz CT molecular complexity index is 159. The van der Waals surface area contributed by atoms with Crippen molar-refractivity contribution in [1.29, 1.82) is 0 Å². The molecule has 0 aliphatic heterocycles. The zero-order chi connectivity index (χ0) is 8.08. The Morgan fingerprint density at radius 2 is 1.00 bits per heavy atom. The molecule has 0 aromatic rings. The summed E-state index contributed by atoms with van der Waals surface area (Å²) in [5, 5.41) is 16.7. The van der Waals surface area contributed by atoms with Gasteiger partial charge in [-0.25, -0.2) is 0 Å². The molecule has 0 aromatic carbocycles. The van der Waals surface area contributed by atoms with Crippen molar-refractivity contribution in [3.8, 4) is 0 Å². The first-order chi connectivity index (χ1) is 3.73. The number of rotatable bonds is 0. The van der Waals surface area contributed by atoms with Crippen LogP contribution < -0.4 is 10.2 Å². The zero-order valence-electron chi connectivity index (χ0n) is 5.02. The van der Waals surface area contributed by atoms with E-state index in [0.29, 0.717) is 0 Å². The largest absolute Gasteiger partial charge is 2.00 e.